The molecular weight excluding hydrogens is 444 g/mol. The minimum absolute atomic E-state index is 0.196. The third kappa shape index (κ3) is 4.98. The van der Waals surface area contributed by atoms with Gasteiger partial charge in [0, 0.05) is 30.5 Å². The zero-order valence-electron chi connectivity index (χ0n) is 17.6. The summed E-state index contributed by atoms with van der Waals surface area (Å²) in [5, 5.41) is 2.28. The second kappa shape index (κ2) is 9.77. The monoisotopic (exact) mass is 468 g/mol. The average Bonchev–Trinajstić information content (AvgIpc) is 3.29. The van der Waals surface area contributed by atoms with Crippen molar-refractivity contribution in [2.24, 2.45) is 0 Å². The van der Waals surface area contributed by atoms with E-state index in [9.17, 15) is 13.2 Å². The molecule has 3 aromatic carbocycles. The molecule has 0 aliphatic carbocycles. The van der Waals surface area contributed by atoms with Gasteiger partial charge < -0.3 is 10.1 Å². The van der Waals surface area contributed by atoms with E-state index in [1.54, 1.807) is 23.9 Å². The number of carbonyl (C=O) groups excluding carboxylic acids is 1. The number of hydrogen-bond acceptors (Lipinski definition) is 5. The highest BCUT2D eigenvalue weighted by atomic mass is 32.2. The Morgan fingerprint density at radius 2 is 1.72 bits per heavy atom. The van der Waals surface area contributed by atoms with Gasteiger partial charge in [0.1, 0.15) is 12.4 Å². The van der Waals surface area contributed by atoms with Crippen LogP contribution in [0, 0.1) is 0 Å². The molecule has 0 radical (unpaired) electrons. The summed E-state index contributed by atoms with van der Waals surface area (Å²) in [4.78, 5) is 11.4. The minimum atomic E-state index is -3.72. The molecule has 0 saturated carbocycles. The summed E-state index contributed by atoms with van der Waals surface area (Å²) in [6, 6.07) is 23.7. The fourth-order valence-corrected chi connectivity index (χ4v) is 6.80. The molecule has 0 bridgehead atoms. The van der Waals surface area contributed by atoms with Gasteiger partial charge in [-0.1, -0.05) is 48.5 Å². The first-order chi connectivity index (χ1) is 15.4. The lowest BCUT2D eigenvalue weighted by atomic mass is 10.2. The van der Waals surface area contributed by atoms with Crippen LogP contribution in [0.3, 0.4) is 0 Å². The van der Waals surface area contributed by atoms with Gasteiger partial charge in [0.2, 0.25) is 15.9 Å². The second-order valence-corrected chi connectivity index (χ2v) is 10.4. The van der Waals surface area contributed by atoms with Crippen molar-refractivity contribution in [1.29, 1.82) is 0 Å². The van der Waals surface area contributed by atoms with Gasteiger partial charge in [-0.3, -0.25) is 4.79 Å². The number of anilines is 1. The maximum atomic E-state index is 13.4. The Labute approximate surface area is 192 Å². The van der Waals surface area contributed by atoms with E-state index in [1.807, 2.05) is 54.6 Å². The molecule has 3 aromatic rings. The van der Waals surface area contributed by atoms with Crippen LogP contribution in [0.2, 0.25) is 0 Å². The Hall–Kier alpha value is -2.81. The molecule has 1 saturated heterocycles. The number of hydrogen-bond donors (Lipinski definition) is 1. The third-order valence-electron chi connectivity index (χ3n) is 5.05. The number of ether oxygens (including phenoxy) is 1. The molecule has 1 atom stereocenters. The average molecular weight is 469 g/mol. The first kappa shape index (κ1) is 22.4. The fourth-order valence-electron chi connectivity index (χ4n) is 3.55. The Kier molecular flexibility index (Phi) is 6.83. The standard InChI is InChI=1S/C24H24N2O4S2/c1-18(27)25-20-11-13-21(14-12-20)32(28,29)26-15-16-31-24(26)22-9-5-6-10-23(22)30-17-19-7-3-2-4-8-19/h2-14,24H,15-17H2,1H3,(H,25,27). The van der Waals surface area contributed by atoms with Crippen LogP contribution in [0.4, 0.5) is 5.69 Å². The maximum absolute atomic E-state index is 13.4. The quantitative estimate of drug-likeness (QED) is 0.546. The van der Waals surface area contributed by atoms with Crippen LogP contribution in [-0.4, -0.2) is 30.9 Å². The van der Waals surface area contributed by atoms with Crippen LogP contribution >= 0.6 is 11.8 Å². The maximum Gasteiger partial charge on any atom is 0.244 e. The van der Waals surface area contributed by atoms with Crippen LogP contribution in [-0.2, 0) is 21.4 Å². The van der Waals surface area contributed by atoms with E-state index in [0.29, 0.717) is 30.3 Å². The summed E-state index contributed by atoms with van der Waals surface area (Å²) in [6.07, 6.45) is 0. The molecule has 0 aromatic heterocycles. The van der Waals surface area contributed by atoms with Gasteiger partial charge in [0.05, 0.1) is 10.3 Å². The van der Waals surface area contributed by atoms with Crippen molar-refractivity contribution >= 4 is 33.4 Å². The van der Waals surface area contributed by atoms with Crippen LogP contribution in [0.25, 0.3) is 0 Å². The van der Waals surface area contributed by atoms with Crippen LogP contribution in [0.5, 0.6) is 5.75 Å². The molecule has 1 N–H and O–H groups in total. The summed E-state index contributed by atoms with van der Waals surface area (Å²) in [5.41, 5.74) is 2.44. The van der Waals surface area contributed by atoms with Gasteiger partial charge in [0.15, 0.2) is 0 Å². The number of sulfonamides is 1. The minimum Gasteiger partial charge on any atom is -0.489 e. The van der Waals surface area contributed by atoms with Gasteiger partial charge in [-0.05, 0) is 35.9 Å². The highest BCUT2D eigenvalue weighted by Crippen LogP contribution is 2.44. The molecule has 1 amide bonds. The Balaban J connectivity index is 1.58. The smallest absolute Gasteiger partial charge is 0.244 e. The summed E-state index contributed by atoms with van der Waals surface area (Å²) >= 11 is 1.58. The number of nitrogens with one attached hydrogen (secondary N) is 1. The highest BCUT2D eigenvalue weighted by molar-refractivity contribution is 8.01. The van der Waals surface area contributed by atoms with Gasteiger partial charge in [-0.25, -0.2) is 8.42 Å². The Morgan fingerprint density at radius 3 is 2.44 bits per heavy atom. The normalized spacial score (nSPS) is 16.6. The number of para-hydroxylation sites is 1. The van der Waals surface area contributed by atoms with E-state index in [1.165, 1.54) is 23.4 Å². The molecule has 32 heavy (non-hydrogen) atoms. The molecule has 0 spiro atoms. The van der Waals surface area contributed by atoms with Crippen molar-refractivity contribution in [3.05, 3.63) is 90.0 Å². The predicted molar refractivity (Wildman–Crippen MR) is 127 cm³/mol. The van der Waals surface area contributed by atoms with E-state index in [0.717, 1.165) is 11.1 Å². The summed E-state index contributed by atoms with van der Waals surface area (Å²) in [5.74, 6) is 1.17. The fraction of sp³-hybridized carbons (Fsp3) is 0.208. The highest BCUT2D eigenvalue weighted by Gasteiger charge is 2.38. The number of rotatable bonds is 7. The van der Waals surface area contributed by atoms with Crippen LogP contribution < -0.4 is 10.1 Å². The van der Waals surface area contributed by atoms with Gasteiger partial charge in [0.25, 0.3) is 0 Å². The molecule has 1 unspecified atom stereocenters. The first-order valence-corrected chi connectivity index (χ1v) is 12.7. The van der Waals surface area contributed by atoms with Crippen molar-refractivity contribution in [2.45, 2.75) is 23.8 Å². The summed E-state index contributed by atoms with van der Waals surface area (Å²) < 4.78 is 34.5. The topological polar surface area (TPSA) is 75.7 Å². The molecule has 166 valence electrons. The number of carbonyl (C=O) groups is 1. The molecular formula is C24H24N2O4S2. The molecule has 4 rings (SSSR count). The Morgan fingerprint density at radius 1 is 1.03 bits per heavy atom. The summed E-state index contributed by atoms with van der Waals surface area (Å²) in [6.45, 7) is 2.23. The number of amides is 1. The van der Waals surface area contributed by atoms with Crippen LogP contribution in [0.1, 0.15) is 23.4 Å². The molecule has 1 aliphatic heterocycles. The number of benzene rings is 3. The second-order valence-electron chi connectivity index (χ2n) is 7.36. The molecule has 1 aliphatic rings. The molecule has 1 heterocycles. The van der Waals surface area contributed by atoms with Gasteiger partial charge in [-0.15, -0.1) is 11.8 Å². The van der Waals surface area contributed by atoms with Crippen molar-refractivity contribution in [3.8, 4) is 5.75 Å². The first-order valence-electron chi connectivity index (χ1n) is 10.2. The van der Waals surface area contributed by atoms with Gasteiger partial charge in [-0.2, -0.15) is 4.31 Å². The zero-order chi connectivity index (χ0) is 22.6. The van der Waals surface area contributed by atoms with Crippen molar-refractivity contribution < 1.29 is 17.9 Å². The SMILES string of the molecule is CC(=O)Nc1ccc(S(=O)(=O)N2CCSC2c2ccccc2OCc2ccccc2)cc1. The predicted octanol–water partition coefficient (Wildman–Crippen LogP) is 4.66. The van der Waals surface area contributed by atoms with Crippen molar-refractivity contribution in [1.82, 2.24) is 4.31 Å². The van der Waals surface area contributed by atoms with E-state index >= 15 is 0 Å². The van der Waals surface area contributed by atoms with Crippen molar-refractivity contribution in [3.63, 3.8) is 0 Å². The largest absolute Gasteiger partial charge is 0.489 e. The number of thioether (sulfide) groups is 1. The lowest BCUT2D eigenvalue weighted by Gasteiger charge is -2.25. The van der Waals surface area contributed by atoms with Crippen molar-refractivity contribution in [2.75, 3.05) is 17.6 Å². The van der Waals surface area contributed by atoms with E-state index in [4.69, 9.17) is 4.74 Å². The molecule has 8 heteroatoms. The third-order valence-corrected chi connectivity index (χ3v) is 8.31. The Bertz CT molecular complexity index is 1180. The molecule has 1 fully saturated rings. The number of nitrogens with zero attached hydrogens (tertiary/aromatic N) is 1. The summed E-state index contributed by atoms with van der Waals surface area (Å²) in [7, 11) is -3.72. The molecule has 6 nitrogen and oxygen atoms in total. The van der Waals surface area contributed by atoms with E-state index in [-0.39, 0.29) is 16.2 Å². The lowest BCUT2D eigenvalue weighted by Crippen LogP contribution is -2.30. The van der Waals surface area contributed by atoms with Crippen LogP contribution in [0.15, 0.2) is 83.8 Å². The lowest BCUT2D eigenvalue weighted by molar-refractivity contribution is -0.114. The zero-order valence-corrected chi connectivity index (χ0v) is 19.2. The van der Waals surface area contributed by atoms with Gasteiger partial charge >= 0.3 is 0 Å². The van der Waals surface area contributed by atoms with E-state index in [2.05, 4.69) is 5.32 Å². The van der Waals surface area contributed by atoms with E-state index < -0.39 is 10.0 Å².